The third-order valence-electron chi connectivity index (χ3n) is 2.64. The fraction of sp³-hybridized carbons (Fsp3) is 0.0667. The van der Waals surface area contributed by atoms with Gasteiger partial charge in [-0.3, -0.25) is 20.4 Å². The van der Waals surface area contributed by atoms with E-state index in [0.29, 0.717) is 10.6 Å². The molecule has 0 aliphatic heterocycles. The molecule has 6 nitrogen and oxygen atoms in total. The summed E-state index contributed by atoms with van der Waals surface area (Å²) in [4.78, 5) is 27.4. The quantitative estimate of drug-likeness (QED) is 0.656. The highest BCUT2D eigenvalue weighted by Crippen LogP contribution is 2.15. The van der Waals surface area contributed by atoms with E-state index in [-0.39, 0.29) is 11.3 Å². The Balaban J connectivity index is 1.79. The van der Waals surface area contributed by atoms with Crippen molar-refractivity contribution >= 4 is 23.6 Å². The van der Waals surface area contributed by atoms with Crippen LogP contribution in [0.25, 0.3) is 0 Å². The number of amides is 2. The summed E-state index contributed by atoms with van der Waals surface area (Å²) in [7, 11) is 0. The van der Waals surface area contributed by atoms with Crippen molar-refractivity contribution in [2.24, 2.45) is 0 Å². The highest BCUT2D eigenvalue weighted by molar-refractivity contribution is 7.99. The summed E-state index contributed by atoms with van der Waals surface area (Å²) in [5.41, 5.74) is 5.15. The molecule has 0 atom stereocenters. The van der Waals surface area contributed by atoms with Crippen LogP contribution < -0.4 is 10.9 Å². The van der Waals surface area contributed by atoms with Gasteiger partial charge in [-0.2, -0.15) is 5.26 Å². The monoisotopic (exact) mass is 330 g/mol. The average Bonchev–Trinajstić information content (AvgIpc) is 2.58. The van der Waals surface area contributed by atoms with Crippen molar-refractivity contribution in [3.63, 3.8) is 0 Å². The van der Waals surface area contributed by atoms with Crippen LogP contribution in [0, 0.1) is 17.1 Å². The van der Waals surface area contributed by atoms with Gasteiger partial charge >= 0.3 is 0 Å². The first-order chi connectivity index (χ1) is 11.1. The minimum absolute atomic E-state index is 0.0194. The summed E-state index contributed by atoms with van der Waals surface area (Å²) in [6.07, 6.45) is 1.48. The van der Waals surface area contributed by atoms with Crippen molar-refractivity contribution < 1.29 is 14.0 Å². The smallest absolute Gasteiger partial charge is 0.269 e. The Morgan fingerprint density at radius 1 is 1.22 bits per heavy atom. The molecule has 1 aromatic carbocycles. The molecule has 116 valence electrons. The van der Waals surface area contributed by atoms with E-state index in [1.165, 1.54) is 18.3 Å². The van der Waals surface area contributed by atoms with E-state index in [2.05, 4.69) is 15.8 Å². The van der Waals surface area contributed by atoms with Gasteiger partial charge in [-0.25, -0.2) is 9.37 Å². The first kappa shape index (κ1) is 16.5. The second-order valence-corrected chi connectivity index (χ2v) is 5.29. The molecule has 1 aromatic heterocycles. The van der Waals surface area contributed by atoms with Gasteiger partial charge in [-0.05, 0) is 36.4 Å². The molecular weight excluding hydrogens is 319 g/mol. The molecule has 2 N–H and O–H groups in total. The molecule has 23 heavy (non-hydrogen) atoms. The molecule has 0 aliphatic rings. The molecule has 0 unspecified atom stereocenters. The molecule has 0 spiro atoms. The minimum Gasteiger partial charge on any atom is -0.272 e. The van der Waals surface area contributed by atoms with Gasteiger partial charge in [0.05, 0.1) is 22.4 Å². The van der Waals surface area contributed by atoms with E-state index in [0.717, 1.165) is 23.9 Å². The topological polar surface area (TPSA) is 94.9 Å². The number of hydrazine groups is 1. The highest BCUT2D eigenvalue weighted by atomic mass is 32.2. The number of rotatable bonds is 4. The van der Waals surface area contributed by atoms with E-state index in [4.69, 9.17) is 5.26 Å². The number of nitriles is 1. The first-order valence-electron chi connectivity index (χ1n) is 6.42. The van der Waals surface area contributed by atoms with Gasteiger partial charge in [0.15, 0.2) is 0 Å². The molecule has 0 aliphatic carbocycles. The van der Waals surface area contributed by atoms with Gasteiger partial charge in [0.1, 0.15) is 5.82 Å². The maximum Gasteiger partial charge on any atom is 0.269 e. The molecule has 0 bridgehead atoms. The maximum absolute atomic E-state index is 12.7. The number of carbonyl (C=O) groups is 2. The largest absolute Gasteiger partial charge is 0.272 e. The zero-order valence-corrected chi connectivity index (χ0v) is 12.6. The Kier molecular flexibility index (Phi) is 5.66. The average molecular weight is 330 g/mol. The number of hydrogen-bond acceptors (Lipinski definition) is 5. The lowest BCUT2D eigenvalue weighted by Crippen LogP contribution is -2.42. The molecule has 0 saturated heterocycles. The van der Waals surface area contributed by atoms with E-state index in [1.807, 2.05) is 6.07 Å². The van der Waals surface area contributed by atoms with E-state index in [9.17, 15) is 14.0 Å². The third-order valence-corrected chi connectivity index (χ3v) is 3.56. The van der Waals surface area contributed by atoms with E-state index in [1.54, 1.807) is 12.1 Å². The van der Waals surface area contributed by atoms with Gasteiger partial charge in [0.2, 0.25) is 5.91 Å². The van der Waals surface area contributed by atoms with Gasteiger partial charge in [-0.15, -0.1) is 0 Å². The fourth-order valence-corrected chi connectivity index (χ4v) is 2.23. The number of aromatic nitrogens is 1. The van der Waals surface area contributed by atoms with Crippen LogP contribution in [0.1, 0.15) is 15.9 Å². The number of thioether (sulfide) groups is 1. The Morgan fingerprint density at radius 2 is 1.96 bits per heavy atom. The molecule has 2 aromatic rings. The highest BCUT2D eigenvalue weighted by Gasteiger charge is 2.08. The summed E-state index contributed by atoms with van der Waals surface area (Å²) in [5, 5.41) is 9.30. The molecule has 0 fully saturated rings. The molecule has 0 saturated carbocycles. The Bertz CT molecular complexity index is 759. The number of halogens is 1. The number of nitrogens with one attached hydrogen (secondary N) is 2. The zero-order valence-electron chi connectivity index (χ0n) is 11.7. The minimum atomic E-state index is -0.548. The Labute approximate surface area is 135 Å². The van der Waals surface area contributed by atoms with Crippen molar-refractivity contribution in [2.45, 2.75) is 5.03 Å². The van der Waals surface area contributed by atoms with Crippen LogP contribution in [0.5, 0.6) is 0 Å². The van der Waals surface area contributed by atoms with Crippen molar-refractivity contribution in [3.05, 3.63) is 59.5 Å². The Hall–Kier alpha value is -2.92. The van der Waals surface area contributed by atoms with E-state index >= 15 is 0 Å². The van der Waals surface area contributed by atoms with Crippen LogP contribution in [0.4, 0.5) is 4.39 Å². The first-order valence-corrected chi connectivity index (χ1v) is 7.41. The van der Waals surface area contributed by atoms with Crippen LogP contribution in [-0.4, -0.2) is 22.6 Å². The van der Waals surface area contributed by atoms with Crippen molar-refractivity contribution in [1.29, 1.82) is 5.26 Å². The lowest BCUT2D eigenvalue weighted by Gasteiger charge is -2.07. The molecular formula is C15H11FN4O2S. The third kappa shape index (κ3) is 5.09. The van der Waals surface area contributed by atoms with Crippen molar-refractivity contribution in [2.75, 3.05) is 5.75 Å². The lowest BCUT2D eigenvalue weighted by atomic mass is 10.2. The molecule has 2 amide bonds. The van der Waals surface area contributed by atoms with Crippen LogP contribution in [0.2, 0.25) is 0 Å². The maximum atomic E-state index is 12.7. The second-order valence-electron chi connectivity index (χ2n) is 4.29. The molecule has 8 heteroatoms. The van der Waals surface area contributed by atoms with E-state index < -0.39 is 17.6 Å². The van der Waals surface area contributed by atoms with Gasteiger partial charge in [0.25, 0.3) is 5.91 Å². The van der Waals surface area contributed by atoms with Crippen LogP contribution >= 0.6 is 11.8 Å². The normalized spacial score (nSPS) is 9.74. The standard InChI is InChI=1S/C15H11FN4O2S/c16-12-3-1-11(2-4-12)15(22)20-19-13(21)9-23-14-7-10(8-17)5-6-18-14/h1-7H,9H2,(H,19,21)(H,20,22). The molecule has 0 radical (unpaired) electrons. The van der Waals surface area contributed by atoms with Gasteiger partial charge < -0.3 is 0 Å². The predicted molar refractivity (Wildman–Crippen MR) is 81.7 cm³/mol. The Morgan fingerprint density at radius 3 is 2.65 bits per heavy atom. The number of hydrogen-bond donors (Lipinski definition) is 2. The molecule has 1 heterocycles. The summed E-state index contributed by atoms with van der Waals surface area (Å²) in [5.74, 6) is -1.41. The summed E-state index contributed by atoms with van der Waals surface area (Å²) >= 11 is 1.13. The van der Waals surface area contributed by atoms with Gasteiger partial charge in [-0.1, -0.05) is 11.8 Å². The van der Waals surface area contributed by atoms with Crippen LogP contribution in [-0.2, 0) is 4.79 Å². The summed E-state index contributed by atoms with van der Waals surface area (Å²) < 4.78 is 12.7. The summed E-state index contributed by atoms with van der Waals surface area (Å²) in [6.45, 7) is 0. The van der Waals surface area contributed by atoms with Crippen LogP contribution in [0.3, 0.4) is 0 Å². The SMILES string of the molecule is N#Cc1ccnc(SCC(=O)NNC(=O)c2ccc(F)cc2)c1. The predicted octanol–water partition coefficient (Wildman–Crippen LogP) is 1.65. The number of carbonyl (C=O) groups excluding carboxylic acids is 2. The number of nitrogens with zero attached hydrogens (tertiary/aromatic N) is 2. The van der Waals surface area contributed by atoms with Gasteiger partial charge in [0, 0.05) is 11.8 Å². The second kappa shape index (κ2) is 7.91. The van der Waals surface area contributed by atoms with Crippen molar-refractivity contribution in [3.8, 4) is 6.07 Å². The number of pyridine rings is 1. The van der Waals surface area contributed by atoms with Crippen LogP contribution in [0.15, 0.2) is 47.6 Å². The fourth-order valence-electron chi connectivity index (χ4n) is 1.53. The molecule has 2 rings (SSSR count). The van der Waals surface area contributed by atoms with Crippen molar-refractivity contribution in [1.82, 2.24) is 15.8 Å². The zero-order chi connectivity index (χ0) is 16.7. The summed E-state index contributed by atoms with van der Waals surface area (Å²) in [6, 6.07) is 10.0. The lowest BCUT2D eigenvalue weighted by molar-refractivity contribution is -0.119. The number of benzene rings is 1.